The van der Waals surface area contributed by atoms with Crippen LogP contribution in [0.25, 0.3) is 0 Å². The average molecular weight is 1040 g/mol. The van der Waals surface area contributed by atoms with E-state index in [1.165, 1.54) is 29.6 Å². The maximum Gasteiger partial charge on any atom is 0.263 e. The van der Waals surface area contributed by atoms with Gasteiger partial charge in [-0.3, -0.25) is 14.3 Å². The van der Waals surface area contributed by atoms with E-state index in [0.717, 1.165) is 71.6 Å². The summed E-state index contributed by atoms with van der Waals surface area (Å²) >= 11 is 12.3. The summed E-state index contributed by atoms with van der Waals surface area (Å²) in [6.45, 7) is 12.6. The molecule has 0 aliphatic carbocycles. The molecular formula is C49H56Cl3N9O6S2. The molecule has 2 amide bonds. The number of hydrogen-bond acceptors (Lipinski definition) is 12. The highest BCUT2D eigenvalue weighted by molar-refractivity contribution is 8.13. The van der Waals surface area contributed by atoms with Crippen LogP contribution in [0.1, 0.15) is 43.5 Å². The molecule has 9 rings (SSSR count). The van der Waals surface area contributed by atoms with Gasteiger partial charge in [-0.25, -0.2) is 26.8 Å². The van der Waals surface area contributed by atoms with Gasteiger partial charge in [-0.2, -0.15) is 0 Å². The van der Waals surface area contributed by atoms with Gasteiger partial charge in [-0.1, -0.05) is 23.2 Å². The van der Waals surface area contributed by atoms with Gasteiger partial charge < -0.3 is 29.4 Å². The molecule has 5 heterocycles. The fraction of sp³-hybridized carbons (Fsp3) is 0.388. The Labute approximate surface area is 419 Å². The highest BCUT2D eigenvalue weighted by atomic mass is 35.7. The zero-order chi connectivity index (χ0) is 49.0. The molecule has 1 aromatic heterocycles. The number of carbonyl (C=O) groups excluding carboxylic acids is 2. The van der Waals surface area contributed by atoms with E-state index in [4.69, 9.17) is 33.9 Å². The van der Waals surface area contributed by atoms with Crippen LogP contribution in [0.2, 0.25) is 10.0 Å². The van der Waals surface area contributed by atoms with Gasteiger partial charge in [0.1, 0.15) is 24.2 Å². The predicted octanol–water partition coefficient (Wildman–Crippen LogP) is 7.49. The molecular weight excluding hydrogens is 981 g/mol. The van der Waals surface area contributed by atoms with Crippen LogP contribution in [-0.2, 0) is 41.5 Å². The Morgan fingerprint density at radius 3 is 1.43 bits per heavy atom. The normalized spacial score (nSPS) is 17.2. The van der Waals surface area contributed by atoms with Crippen LogP contribution in [0.3, 0.4) is 0 Å². The van der Waals surface area contributed by atoms with Crippen molar-refractivity contribution in [1.29, 1.82) is 0 Å². The number of nitrogens with zero attached hydrogens (tertiary/aromatic N) is 8. The van der Waals surface area contributed by atoms with Crippen molar-refractivity contribution in [1.82, 2.24) is 19.8 Å². The molecule has 0 unspecified atom stereocenters. The first-order chi connectivity index (χ1) is 32.9. The van der Waals surface area contributed by atoms with E-state index >= 15 is 0 Å². The molecule has 366 valence electrons. The molecule has 15 nitrogen and oxygen atoms in total. The molecule has 2 fully saturated rings. The zero-order valence-corrected chi connectivity index (χ0v) is 42.7. The maximum atomic E-state index is 13.4. The number of amides is 2. The van der Waals surface area contributed by atoms with Gasteiger partial charge in [0.05, 0.1) is 9.79 Å². The van der Waals surface area contributed by atoms with Gasteiger partial charge in [0.15, 0.2) is 0 Å². The molecule has 0 radical (unpaired) electrons. The molecule has 4 aliphatic rings. The first kappa shape index (κ1) is 50.1. The Kier molecular flexibility index (Phi) is 15.5. The van der Waals surface area contributed by atoms with Crippen LogP contribution in [0.5, 0.6) is 0 Å². The average Bonchev–Trinajstić information content (AvgIpc) is 3.35. The molecule has 5 aromatic rings. The lowest BCUT2D eigenvalue weighted by molar-refractivity contribution is -0.133. The molecule has 4 aromatic carbocycles. The number of nitrogens with one attached hydrogen (secondary N) is 1. The molecule has 69 heavy (non-hydrogen) atoms. The van der Waals surface area contributed by atoms with Crippen molar-refractivity contribution in [3.8, 4) is 0 Å². The minimum absolute atomic E-state index is 0.0867. The number of halogens is 3. The minimum Gasteiger partial charge on any atom is -0.368 e. The second-order valence-corrected chi connectivity index (χ2v) is 22.8. The third-order valence-corrected chi connectivity index (χ3v) is 16.5. The summed E-state index contributed by atoms with van der Waals surface area (Å²) in [5, 5.41) is 1.45. The highest BCUT2D eigenvalue weighted by Gasteiger charge is 2.33. The van der Waals surface area contributed by atoms with E-state index in [1.54, 1.807) is 49.4 Å². The molecule has 0 spiro atoms. The number of anilines is 5. The van der Waals surface area contributed by atoms with E-state index < -0.39 is 19.1 Å². The summed E-state index contributed by atoms with van der Waals surface area (Å²) in [6, 6.07) is 26.2. The second kappa shape index (κ2) is 21.3. The second-order valence-electron chi connectivity index (χ2n) is 17.7. The molecule has 20 heteroatoms. The van der Waals surface area contributed by atoms with Crippen molar-refractivity contribution in [3.63, 3.8) is 0 Å². The van der Waals surface area contributed by atoms with Gasteiger partial charge in [0.25, 0.3) is 19.1 Å². The molecule has 1 N–H and O–H groups in total. The first-order valence-electron chi connectivity index (χ1n) is 23.1. The quantitative estimate of drug-likeness (QED) is 0.138. The Morgan fingerprint density at radius 2 is 1.01 bits per heavy atom. The van der Waals surface area contributed by atoms with Gasteiger partial charge in [0, 0.05) is 121 Å². The van der Waals surface area contributed by atoms with Crippen molar-refractivity contribution in [3.05, 3.63) is 124 Å². The van der Waals surface area contributed by atoms with Crippen molar-refractivity contribution < 1.29 is 26.4 Å². The summed E-state index contributed by atoms with van der Waals surface area (Å²) in [6.07, 6.45) is 5.28. The molecule has 0 bridgehead atoms. The van der Waals surface area contributed by atoms with Crippen LogP contribution in [0.4, 0.5) is 28.6 Å². The van der Waals surface area contributed by atoms with Crippen molar-refractivity contribution in [2.45, 2.75) is 68.3 Å². The standard InChI is InChI=1S/C27H31ClN6O3S.C22H25Cl2N3O3S/c1-19-16-26(30-18-29-19)31-38(36,37)24-8-6-23(7-9-24)32-12-14-33(15-13-32)27(35)20(2)34-11-3-4-21-17-22(28)5-10-25(21)34;1-16(27-10-2-3-17-15-18(23)4-9-21(17)27)22(28)26-13-11-25(12-14-26)19-5-7-20(8-6-19)31(24,29)30/h5-10,16-18,20H,3-4,11-15H2,1-2H3,(H,29,30,31);4-9,15-16H,2-3,10-14H2,1H3/t20-;16-/m11/s1. The first-order valence-corrected chi connectivity index (χ1v) is 27.6. The van der Waals surface area contributed by atoms with Crippen molar-refractivity contribution >= 4 is 93.3 Å². The number of hydrogen-bond donors (Lipinski definition) is 1. The fourth-order valence-corrected chi connectivity index (χ4v) is 11.7. The zero-order valence-electron chi connectivity index (χ0n) is 38.8. The van der Waals surface area contributed by atoms with Crippen LogP contribution in [0, 0.1) is 6.92 Å². The van der Waals surface area contributed by atoms with E-state index in [-0.39, 0.29) is 39.5 Å². The number of carbonyl (C=O) groups is 2. The topological polar surface area (TPSA) is 160 Å². The van der Waals surface area contributed by atoms with Crippen molar-refractivity contribution in [2.75, 3.05) is 89.8 Å². The highest BCUT2D eigenvalue weighted by Crippen LogP contribution is 2.33. The lowest BCUT2D eigenvalue weighted by atomic mass is 10.00. The minimum atomic E-state index is -3.77. The van der Waals surface area contributed by atoms with Crippen LogP contribution in [0.15, 0.2) is 107 Å². The molecule has 0 saturated carbocycles. The summed E-state index contributed by atoms with van der Waals surface area (Å²) in [7, 11) is -2.10. The number of piperazine rings is 2. The lowest BCUT2D eigenvalue weighted by Crippen LogP contribution is -2.55. The Bertz CT molecular complexity index is 2880. The Hall–Kier alpha value is -5.33. The van der Waals surface area contributed by atoms with E-state index in [0.29, 0.717) is 58.1 Å². The van der Waals surface area contributed by atoms with Gasteiger partial charge in [0.2, 0.25) is 11.8 Å². The van der Waals surface area contributed by atoms with Gasteiger partial charge in [-0.05, 0) is 143 Å². The Balaban J connectivity index is 0.000000190. The summed E-state index contributed by atoms with van der Waals surface area (Å²) < 4.78 is 50.9. The Morgan fingerprint density at radius 1 is 0.580 bits per heavy atom. The third-order valence-electron chi connectivity index (χ3n) is 13.3. The van der Waals surface area contributed by atoms with Crippen LogP contribution >= 0.6 is 33.9 Å². The van der Waals surface area contributed by atoms with E-state index in [9.17, 15) is 26.4 Å². The van der Waals surface area contributed by atoms with Gasteiger partial charge in [-0.15, -0.1) is 0 Å². The maximum absolute atomic E-state index is 13.4. The number of rotatable bonds is 10. The van der Waals surface area contributed by atoms with Crippen LogP contribution < -0.4 is 24.3 Å². The number of benzene rings is 4. The van der Waals surface area contributed by atoms with Crippen molar-refractivity contribution in [2.24, 2.45) is 0 Å². The number of aryl methyl sites for hydroxylation is 3. The summed E-state index contributed by atoms with van der Waals surface area (Å²) in [5.74, 6) is 0.486. The summed E-state index contributed by atoms with van der Waals surface area (Å²) in [5.41, 5.74) is 7.11. The van der Waals surface area contributed by atoms with E-state index in [1.807, 2.05) is 60.0 Å². The third kappa shape index (κ3) is 11.8. The number of aromatic nitrogens is 2. The largest absolute Gasteiger partial charge is 0.368 e. The van der Waals surface area contributed by atoms with Crippen LogP contribution in [-0.4, -0.2) is 126 Å². The fourth-order valence-electron chi connectivity index (χ4n) is 9.52. The summed E-state index contributed by atoms with van der Waals surface area (Å²) in [4.78, 5) is 47.4. The molecule has 2 saturated heterocycles. The number of fused-ring (bicyclic) bond motifs is 2. The smallest absolute Gasteiger partial charge is 0.263 e. The molecule has 4 aliphatic heterocycles. The molecule has 2 atom stereocenters. The lowest BCUT2D eigenvalue weighted by Gasteiger charge is -2.41. The SMILES string of the molecule is C[C@H](C(=O)N1CCN(c2ccc(S(=O)(=O)Cl)cc2)CC1)N1CCCc2cc(Cl)ccc21.Cc1cc(NS(=O)(=O)c2ccc(N3CCN(C(=O)[C@@H](C)N4CCCc5cc(Cl)ccc54)CC3)cc2)ncn1. The monoisotopic (exact) mass is 1040 g/mol. The number of sulfonamides is 1. The van der Waals surface area contributed by atoms with E-state index in [2.05, 4.69) is 34.3 Å². The predicted molar refractivity (Wildman–Crippen MR) is 274 cm³/mol. The van der Waals surface area contributed by atoms with Gasteiger partial charge >= 0.3 is 0 Å².